The summed E-state index contributed by atoms with van der Waals surface area (Å²) in [7, 11) is 0. The molecule has 0 aliphatic heterocycles. The van der Waals surface area contributed by atoms with Crippen molar-refractivity contribution in [1.82, 2.24) is 4.98 Å². The summed E-state index contributed by atoms with van der Waals surface area (Å²) >= 11 is 0. The standard InChI is InChI=1S/C44H47N3O24/c1-25-7-8-32(46(16-38(53)65-20-60-26(2)48)17-39(54)66-21-61-27(3)49)35(13-25)58-11-12-59-42-31-14-36(43-45-15-37(71-43)44(57)69-24-64-30(6)52)70-34(31)10-9-33(42)47(18-40(55)67-22-62-28(4)50)19-41(56)68-23-63-29(5)51/h7-10,13-15H,11-12,16-24H2,1-6H3. The van der Waals surface area contributed by atoms with Crippen molar-refractivity contribution in [3.8, 4) is 23.1 Å². The van der Waals surface area contributed by atoms with Crippen molar-refractivity contribution in [1.29, 1.82) is 0 Å². The molecule has 0 amide bonds. The van der Waals surface area contributed by atoms with Crippen LogP contribution in [-0.4, -0.2) is 138 Å². The number of benzene rings is 2. The Morgan fingerprint density at radius 3 is 1.42 bits per heavy atom. The number of oxazole rings is 1. The minimum absolute atomic E-state index is 0.0304. The molecule has 0 atom stereocenters. The summed E-state index contributed by atoms with van der Waals surface area (Å²) in [4.78, 5) is 127. The van der Waals surface area contributed by atoms with E-state index in [2.05, 4.69) is 19.2 Å². The first-order chi connectivity index (χ1) is 33.8. The van der Waals surface area contributed by atoms with Gasteiger partial charge >= 0.3 is 59.7 Å². The Bertz CT molecular complexity index is 2510. The van der Waals surface area contributed by atoms with E-state index in [1.165, 1.54) is 29.2 Å². The van der Waals surface area contributed by atoms with Gasteiger partial charge in [0.25, 0.3) is 5.89 Å². The van der Waals surface area contributed by atoms with Gasteiger partial charge in [0.05, 0.1) is 23.0 Å². The molecule has 0 saturated heterocycles. The number of aromatic nitrogens is 1. The van der Waals surface area contributed by atoms with Crippen molar-refractivity contribution in [2.45, 2.75) is 41.5 Å². The fourth-order valence-electron chi connectivity index (χ4n) is 5.56. The maximum atomic E-state index is 13.1. The Balaban J connectivity index is 1.71. The van der Waals surface area contributed by atoms with Gasteiger partial charge in [0.15, 0.2) is 11.5 Å². The summed E-state index contributed by atoms with van der Waals surface area (Å²) in [5.74, 6) is -9.12. The van der Waals surface area contributed by atoms with Crippen LogP contribution in [0.3, 0.4) is 0 Å². The molecule has 4 rings (SSSR count). The highest BCUT2D eigenvalue weighted by Gasteiger charge is 2.27. The average Bonchev–Trinajstić information content (AvgIpc) is 3.96. The van der Waals surface area contributed by atoms with Crippen molar-refractivity contribution >= 4 is 82.0 Å². The van der Waals surface area contributed by atoms with Crippen molar-refractivity contribution in [2.75, 3.05) is 83.2 Å². The van der Waals surface area contributed by atoms with Gasteiger partial charge in [-0.15, -0.1) is 0 Å². The van der Waals surface area contributed by atoms with E-state index >= 15 is 0 Å². The van der Waals surface area contributed by atoms with Crippen LogP contribution in [-0.2, 0) is 90.5 Å². The number of furan rings is 1. The van der Waals surface area contributed by atoms with Crippen LogP contribution in [0.15, 0.2) is 51.4 Å². The maximum absolute atomic E-state index is 13.1. The number of hydrogen-bond donors (Lipinski definition) is 0. The van der Waals surface area contributed by atoms with E-state index in [-0.39, 0.29) is 64.5 Å². The monoisotopic (exact) mass is 1000 g/mol. The Kier molecular flexibility index (Phi) is 20.9. The lowest BCUT2D eigenvalue weighted by Gasteiger charge is -2.26. The lowest BCUT2D eigenvalue weighted by atomic mass is 10.1. The van der Waals surface area contributed by atoms with Crippen LogP contribution < -0.4 is 19.3 Å². The van der Waals surface area contributed by atoms with Gasteiger partial charge in [0.1, 0.15) is 50.7 Å². The third-order valence-electron chi connectivity index (χ3n) is 8.59. The molecule has 0 fully saturated rings. The molecule has 0 unspecified atom stereocenters. The van der Waals surface area contributed by atoms with Crippen LogP contribution in [0.25, 0.3) is 22.6 Å². The minimum Gasteiger partial charge on any atom is -0.488 e. The lowest BCUT2D eigenvalue weighted by Crippen LogP contribution is -2.37. The number of fused-ring (bicyclic) bond motifs is 1. The summed E-state index contributed by atoms with van der Waals surface area (Å²) in [6.07, 6.45) is 1.03. The van der Waals surface area contributed by atoms with Gasteiger partial charge in [0.2, 0.25) is 39.7 Å². The van der Waals surface area contributed by atoms with E-state index in [4.69, 9.17) is 51.5 Å². The van der Waals surface area contributed by atoms with Gasteiger partial charge < -0.3 is 75.5 Å². The molecular weight excluding hydrogens is 954 g/mol. The summed E-state index contributed by atoms with van der Waals surface area (Å²) in [5, 5.41) is 0.170. The first-order valence-corrected chi connectivity index (χ1v) is 20.6. The SMILES string of the molecule is CC(=O)OCOC(=O)CN(CC(=O)OCOC(C)=O)c1ccc(C)cc1OCCOc1c(N(CC(=O)OCOC(C)=O)CC(=O)OCOC(C)=O)ccc2oc(-c3ncc(C(=O)OCOC(C)=O)o3)cc12. The average molecular weight is 1000 g/mol. The van der Waals surface area contributed by atoms with E-state index in [1.54, 1.807) is 19.1 Å². The fraction of sp³-hybridized carbons (Fsp3) is 0.386. The highest BCUT2D eigenvalue weighted by Crippen LogP contribution is 2.40. The second-order valence-corrected chi connectivity index (χ2v) is 14.1. The van der Waals surface area contributed by atoms with E-state index in [0.717, 1.165) is 45.7 Å². The van der Waals surface area contributed by atoms with Crippen LogP contribution in [0.4, 0.5) is 11.4 Å². The number of ether oxygens (including phenoxy) is 12. The Morgan fingerprint density at radius 1 is 0.507 bits per heavy atom. The maximum Gasteiger partial charge on any atom is 0.378 e. The second-order valence-electron chi connectivity index (χ2n) is 14.1. The Morgan fingerprint density at radius 2 is 0.944 bits per heavy atom. The minimum atomic E-state index is -1.03. The normalized spacial score (nSPS) is 10.5. The quantitative estimate of drug-likeness (QED) is 0.0358. The van der Waals surface area contributed by atoms with E-state index in [1.807, 2.05) is 0 Å². The molecule has 0 radical (unpaired) electrons. The third-order valence-corrected chi connectivity index (χ3v) is 8.59. The van der Waals surface area contributed by atoms with Gasteiger partial charge in [-0.2, -0.15) is 0 Å². The van der Waals surface area contributed by atoms with E-state index < -0.39 is 120 Å². The highest BCUT2D eigenvalue weighted by atomic mass is 16.7. The number of nitrogens with zero attached hydrogens (tertiary/aromatic N) is 3. The molecule has 0 spiro atoms. The van der Waals surface area contributed by atoms with Gasteiger partial charge in [0, 0.05) is 40.7 Å². The Hall–Kier alpha value is -8.91. The molecule has 2 aromatic heterocycles. The zero-order valence-corrected chi connectivity index (χ0v) is 39.0. The highest BCUT2D eigenvalue weighted by molar-refractivity contribution is 5.95. The number of carbonyl (C=O) groups is 10. The summed E-state index contributed by atoms with van der Waals surface area (Å²) in [6, 6.07) is 8.97. The number of hydrogen-bond acceptors (Lipinski definition) is 27. The van der Waals surface area contributed by atoms with Gasteiger partial charge in [-0.05, 0) is 36.8 Å². The Labute approximate surface area is 401 Å². The summed E-state index contributed by atoms with van der Waals surface area (Å²) < 4.78 is 72.3. The number of esters is 10. The van der Waals surface area contributed by atoms with Crippen molar-refractivity contribution in [2.24, 2.45) is 0 Å². The fourth-order valence-corrected chi connectivity index (χ4v) is 5.56. The molecule has 382 valence electrons. The molecule has 0 aliphatic rings. The van der Waals surface area contributed by atoms with Crippen molar-refractivity contribution in [3.05, 3.63) is 53.9 Å². The largest absolute Gasteiger partial charge is 0.488 e. The van der Waals surface area contributed by atoms with Crippen LogP contribution >= 0.6 is 0 Å². The molecule has 0 saturated carbocycles. The number of carbonyl (C=O) groups excluding carboxylic acids is 10. The molecule has 0 bridgehead atoms. The summed E-state index contributed by atoms with van der Waals surface area (Å²) in [6.45, 7) is 0.390. The van der Waals surface area contributed by atoms with Gasteiger partial charge in [-0.1, -0.05) is 6.07 Å². The molecule has 0 N–H and O–H groups in total. The van der Waals surface area contributed by atoms with Crippen LogP contribution in [0.5, 0.6) is 11.5 Å². The molecule has 2 heterocycles. The van der Waals surface area contributed by atoms with Crippen LogP contribution in [0.1, 0.15) is 50.7 Å². The molecule has 0 aliphatic carbocycles. The van der Waals surface area contributed by atoms with Crippen molar-refractivity contribution in [3.63, 3.8) is 0 Å². The number of rotatable bonds is 27. The molecule has 2 aromatic carbocycles. The van der Waals surface area contributed by atoms with Crippen molar-refractivity contribution < 1.29 is 114 Å². The van der Waals surface area contributed by atoms with Gasteiger partial charge in [-0.3, -0.25) is 43.2 Å². The first kappa shape index (κ1) is 54.7. The van der Waals surface area contributed by atoms with Crippen LogP contribution in [0.2, 0.25) is 0 Å². The number of aryl methyl sites for hydroxylation is 1. The molecule has 27 heteroatoms. The predicted octanol–water partition coefficient (Wildman–Crippen LogP) is 2.40. The topological polar surface area (TPSA) is 327 Å². The number of anilines is 2. The van der Waals surface area contributed by atoms with Crippen LogP contribution in [0, 0.1) is 6.92 Å². The lowest BCUT2D eigenvalue weighted by molar-refractivity contribution is -0.167. The third kappa shape index (κ3) is 18.6. The molecule has 27 nitrogen and oxygen atoms in total. The zero-order chi connectivity index (χ0) is 52.0. The second kappa shape index (κ2) is 27.2. The first-order valence-electron chi connectivity index (χ1n) is 20.6. The molecule has 71 heavy (non-hydrogen) atoms. The summed E-state index contributed by atoms with van der Waals surface area (Å²) in [5.41, 5.74) is 0.979. The molecule has 4 aromatic rings. The van der Waals surface area contributed by atoms with E-state index in [0.29, 0.717) is 5.56 Å². The predicted molar refractivity (Wildman–Crippen MR) is 231 cm³/mol. The van der Waals surface area contributed by atoms with Gasteiger partial charge in [-0.25, -0.2) is 9.78 Å². The van der Waals surface area contributed by atoms with E-state index in [9.17, 15) is 47.9 Å². The molecular formula is C44H47N3O24. The zero-order valence-electron chi connectivity index (χ0n) is 39.0. The smallest absolute Gasteiger partial charge is 0.378 e.